The van der Waals surface area contributed by atoms with E-state index in [1.54, 1.807) is 0 Å². The summed E-state index contributed by atoms with van der Waals surface area (Å²) in [5.74, 6) is 3.08. The lowest BCUT2D eigenvalue weighted by Crippen LogP contribution is -2.52. The maximum absolute atomic E-state index is 9.57. The monoisotopic (exact) mass is 382 g/mol. The van der Waals surface area contributed by atoms with Gasteiger partial charge in [-0.15, -0.1) is 0 Å². The summed E-state index contributed by atoms with van der Waals surface area (Å²) in [5, 5.41) is 9.57. The summed E-state index contributed by atoms with van der Waals surface area (Å²) in [4.78, 5) is 9.79. The van der Waals surface area contributed by atoms with Crippen LogP contribution in [-0.2, 0) is 19.6 Å². The Bertz CT molecular complexity index is 916. The van der Waals surface area contributed by atoms with Crippen LogP contribution < -0.4 is 0 Å². The van der Waals surface area contributed by atoms with Crippen molar-refractivity contribution in [1.29, 1.82) is 0 Å². The van der Waals surface area contributed by atoms with Crippen molar-refractivity contribution in [2.45, 2.75) is 45.9 Å². The van der Waals surface area contributed by atoms with Crippen molar-refractivity contribution in [3.63, 3.8) is 0 Å². The van der Waals surface area contributed by atoms with Gasteiger partial charge in [0.2, 0.25) is 0 Å². The highest BCUT2D eigenvalue weighted by Gasteiger charge is 2.28. The van der Waals surface area contributed by atoms with E-state index in [9.17, 15) is 5.11 Å². The SMILES string of the molecule is CCn1c(CN2CCN(Cc3ccc(C)o3)[C@@H](CCO)C2)nc2ccccc21. The second-order valence-corrected chi connectivity index (χ2v) is 7.65. The minimum absolute atomic E-state index is 0.208. The van der Waals surface area contributed by atoms with Gasteiger partial charge < -0.3 is 14.1 Å². The molecule has 3 heterocycles. The Balaban J connectivity index is 1.47. The van der Waals surface area contributed by atoms with Gasteiger partial charge in [-0.1, -0.05) is 12.1 Å². The van der Waals surface area contributed by atoms with E-state index in [1.807, 2.05) is 19.1 Å². The first-order valence-electron chi connectivity index (χ1n) is 10.2. The molecule has 0 bridgehead atoms. The molecule has 0 aliphatic carbocycles. The van der Waals surface area contributed by atoms with Crippen molar-refractivity contribution in [1.82, 2.24) is 19.4 Å². The van der Waals surface area contributed by atoms with Gasteiger partial charge in [-0.3, -0.25) is 9.80 Å². The van der Waals surface area contributed by atoms with Crippen molar-refractivity contribution in [2.75, 3.05) is 26.2 Å². The lowest BCUT2D eigenvalue weighted by atomic mass is 10.1. The predicted octanol–water partition coefficient (Wildman–Crippen LogP) is 3.03. The number of para-hydroxylation sites is 2. The van der Waals surface area contributed by atoms with Gasteiger partial charge in [0.25, 0.3) is 0 Å². The highest BCUT2D eigenvalue weighted by Crippen LogP contribution is 2.21. The number of furan rings is 1. The number of aromatic nitrogens is 2. The Hall–Kier alpha value is -2.15. The van der Waals surface area contributed by atoms with Gasteiger partial charge in [0.05, 0.1) is 24.1 Å². The quantitative estimate of drug-likeness (QED) is 0.681. The number of hydrogen-bond donors (Lipinski definition) is 1. The second-order valence-electron chi connectivity index (χ2n) is 7.65. The summed E-state index contributed by atoms with van der Waals surface area (Å²) in [6.45, 7) is 9.84. The average molecular weight is 383 g/mol. The van der Waals surface area contributed by atoms with Crippen molar-refractivity contribution in [3.8, 4) is 0 Å². The number of nitrogens with zero attached hydrogens (tertiary/aromatic N) is 4. The Labute approximate surface area is 166 Å². The number of aryl methyl sites for hydroxylation is 2. The molecule has 1 aliphatic heterocycles. The molecule has 3 aromatic rings. The Morgan fingerprint density at radius 2 is 2.00 bits per heavy atom. The van der Waals surface area contributed by atoms with Crippen LogP contribution >= 0.6 is 0 Å². The van der Waals surface area contributed by atoms with E-state index >= 15 is 0 Å². The summed E-state index contributed by atoms with van der Waals surface area (Å²) in [6, 6.07) is 12.8. The first kappa shape index (κ1) is 19.2. The molecule has 0 unspecified atom stereocenters. The number of aliphatic hydroxyl groups is 1. The molecular weight excluding hydrogens is 352 g/mol. The van der Waals surface area contributed by atoms with Crippen LogP contribution in [0.15, 0.2) is 40.8 Å². The molecule has 0 spiro atoms. The number of benzene rings is 1. The molecule has 1 aliphatic rings. The zero-order chi connectivity index (χ0) is 19.5. The van der Waals surface area contributed by atoms with Gasteiger partial charge in [0.1, 0.15) is 17.3 Å². The van der Waals surface area contributed by atoms with Crippen LogP contribution in [0.1, 0.15) is 30.7 Å². The summed E-state index contributed by atoms with van der Waals surface area (Å²) >= 11 is 0. The van der Waals surface area contributed by atoms with E-state index in [0.717, 1.165) is 68.6 Å². The summed E-state index contributed by atoms with van der Waals surface area (Å²) in [5.41, 5.74) is 2.27. The van der Waals surface area contributed by atoms with Gasteiger partial charge >= 0.3 is 0 Å². The first-order valence-corrected chi connectivity index (χ1v) is 10.2. The fourth-order valence-electron chi connectivity index (χ4n) is 4.30. The fraction of sp³-hybridized carbons (Fsp3) is 0.500. The van der Waals surface area contributed by atoms with E-state index in [2.05, 4.69) is 45.6 Å². The van der Waals surface area contributed by atoms with E-state index in [4.69, 9.17) is 9.40 Å². The van der Waals surface area contributed by atoms with Gasteiger partial charge in [-0.05, 0) is 44.5 Å². The standard InChI is InChI=1S/C22H30N4O2/c1-3-26-21-7-5-4-6-20(21)23-22(26)16-24-11-12-25(18(14-24)10-13-27)15-19-9-8-17(2)28-19/h4-9,18,27H,3,10-16H2,1-2H3/t18-/m0/s1. The molecule has 1 atom stereocenters. The third-order valence-electron chi connectivity index (χ3n) is 5.72. The average Bonchev–Trinajstić information content (AvgIpc) is 3.26. The first-order chi connectivity index (χ1) is 13.7. The fourth-order valence-corrected chi connectivity index (χ4v) is 4.30. The Kier molecular flexibility index (Phi) is 5.80. The minimum atomic E-state index is 0.208. The third-order valence-corrected chi connectivity index (χ3v) is 5.72. The zero-order valence-corrected chi connectivity index (χ0v) is 16.8. The number of imidazole rings is 1. The maximum atomic E-state index is 9.57. The molecule has 0 saturated carbocycles. The molecule has 6 heteroatoms. The van der Waals surface area contributed by atoms with E-state index in [1.165, 1.54) is 5.52 Å². The van der Waals surface area contributed by atoms with Crippen molar-refractivity contribution < 1.29 is 9.52 Å². The van der Waals surface area contributed by atoms with Crippen LogP contribution in [0.3, 0.4) is 0 Å². The van der Waals surface area contributed by atoms with Crippen molar-refractivity contribution in [3.05, 3.63) is 53.7 Å². The highest BCUT2D eigenvalue weighted by molar-refractivity contribution is 5.75. The van der Waals surface area contributed by atoms with Crippen LogP contribution in [0.5, 0.6) is 0 Å². The highest BCUT2D eigenvalue weighted by atomic mass is 16.3. The Morgan fingerprint density at radius 1 is 1.14 bits per heavy atom. The number of fused-ring (bicyclic) bond motifs is 1. The lowest BCUT2D eigenvalue weighted by Gasteiger charge is -2.41. The van der Waals surface area contributed by atoms with Crippen molar-refractivity contribution in [2.24, 2.45) is 0 Å². The number of aliphatic hydroxyl groups excluding tert-OH is 1. The molecule has 2 aromatic heterocycles. The molecule has 28 heavy (non-hydrogen) atoms. The summed E-state index contributed by atoms with van der Waals surface area (Å²) in [6.07, 6.45) is 0.778. The maximum Gasteiger partial charge on any atom is 0.124 e. The molecule has 1 N–H and O–H groups in total. The molecule has 6 nitrogen and oxygen atoms in total. The van der Waals surface area contributed by atoms with Crippen LogP contribution in [-0.4, -0.2) is 56.7 Å². The van der Waals surface area contributed by atoms with Gasteiger partial charge in [-0.25, -0.2) is 4.98 Å². The molecule has 150 valence electrons. The molecule has 0 radical (unpaired) electrons. The second kappa shape index (κ2) is 8.47. The van der Waals surface area contributed by atoms with E-state index in [-0.39, 0.29) is 6.61 Å². The molecular formula is C22H30N4O2. The summed E-state index contributed by atoms with van der Waals surface area (Å²) < 4.78 is 8.08. The molecule has 1 aromatic carbocycles. The van der Waals surface area contributed by atoms with Crippen molar-refractivity contribution >= 4 is 11.0 Å². The molecule has 0 amide bonds. The molecule has 4 rings (SSSR count). The van der Waals surface area contributed by atoms with E-state index < -0.39 is 0 Å². The van der Waals surface area contributed by atoms with Crippen LogP contribution in [0.4, 0.5) is 0 Å². The lowest BCUT2D eigenvalue weighted by molar-refractivity contribution is 0.0439. The van der Waals surface area contributed by atoms with Gasteiger partial charge in [0.15, 0.2) is 0 Å². The summed E-state index contributed by atoms with van der Waals surface area (Å²) in [7, 11) is 0. The van der Waals surface area contributed by atoms with Crippen LogP contribution in [0.2, 0.25) is 0 Å². The smallest absolute Gasteiger partial charge is 0.124 e. The van der Waals surface area contributed by atoms with Gasteiger partial charge in [-0.2, -0.15) is 0 Å². The molecule has 1 saturated heterocycles. The van der Waals surface area contributed by atoms with Gasteiger partial charge in [0, 0.05) is 38.8 Å². The number of hydrogen-bond acceptors (Lipinski definition) is 5. The van der Waals surface area contributed by atoms with Crippen LogP contribution in [0.25, 0.3) is 11.0 Å². The topological polar surface area (TPSA) is 57.7 Å². The van der Waals surface area contributed by atoms with Crippen LogP contribution in [0, 0.1) is 6.92 Å². The molecule has 1 fully saturated rings. The van der Waals surface area contributed by atoms with E-state index in [0.29, 0.717) is 6.04 Å². The number of rotatable bonds is 7. The largest absolute Gasteiger partial charge is 0.465 e. The normalized spacial score (nSPS) is 18.9. The zero-order valence-electron chi connectivity index (χ0n) is 16.8. The predicted molar refractivity (Wildman–Crippen MR) is 110 cm³/mol. The number of piperazine rings is 1. The Morgan fingerprint density at radius 3 is 2.75 bits per heavy atom. The minimum Gasteiger partial charge on any atom is -0.465 e. The third kappa shape index (κ3) is 3.99.